The van der Waals surface area contributed by atoms with Crippen molar-refractivity contribution in [3.8, 4) is 0 Å². The van der Waals surface area contributed by atoms with Gasteiger partial charge in [0.15, 0.2) is 0 Å². The number of benzene rings is 1. The van der Waals surface area contributed by atoms with Crippen LogP contribution in [-0.4, -0.2) is 0 Å². The Hall–Kier alpha value is -0.640. The van der Waals surface area contributed by atoms with Crippen LogP contribution >= 0.6 is 11.6 Å². The van der Waals surface area contributed by atoms with Gasteiger partial charge in [0.1, 0.15) is 5.82 Å². The standard InChI is InChI=1S/C15H22ClFN2/c1-2-10-5-3-4-6-12(10)15(19-18)13-8-7-11(17)9-14(13)16/h7-10,12,15,19H,2-6,18H2,1H3. The number of halogens is 2. The molecular formula is C15H22ClFN2. The normalized spacial score (nSPS) is 25.3. The quantitative estimate of drug-likeness (QED) is 0.642. The van der Waals surface area contributed by atoms with E-state index in [1.165, 1.54) is 31.4 Å². The highest BCUT2D eigenvalue weighted by Crippen LogP contribution is 2.41. The van der Waals surface area contributed by atoms with E-state index in [1.54, 1.807) is 6.07 Å². The number of nitrogens with two attached hydrogens (primary N) is 1. The predicted octanol–water partition coefficient (Wildman–Crippen LogP) is 4.20. The Morgan fingerprint density at radius 3 is 2.79 bits per heavy atom. The Kier molecular flexibility index (Phi) is 5.20. The Morgan fingerprint density at radius 1 is 1.42 bits per heavy atom. The molecule has 2 nitrogen and oxygen atoms in total. The smallest absolute Gasteiger partial charge is 0.124 e. The molecule has 1 fully saturated rings. The lowest BCUT2D eigenvalue weighted by Gasteiger charge is -2.37. The van der Waals surface area contributed by atoms with Gasteiger partial charge in [-0.15, -0.1) is 0 Å². The minimum Gasteiger partial charge on any atom is -0.271 e. The topological polar surface area (TPSA) is 38.0 Å². The predicted molar refractivity (Wildman–Crippen MR) is 77.2 cm³/mol. The van der Waals surface area contributed by atoms with E-state index in [9.17, 15) is 4.39 Å². The van der Waals surface area contributed by atoms with Gasteiger partial charge >= 0.3 is 0 Å². The SMILES string of the molecule is CCC1CCCCC1C(NN)c1ccc(F)cc1Cl. The second kappa shape index (κ2) is 6.69. The highest BCUT2D eigenvalue weighted by molar-refractivity contribution is 6.31. The summed E-state index contributed by atoms with van der Waals surface area (Å²) < 4.78 is 13.2. The molecule has 0 aliphatic heterocycles. The van der Waals surface area contributed by atoms with E-state index in [0.717, 1.165) is 18.4 Å². The third-order valence-corrected chi connectivity index (χ3v) is 4.72. The molecule has 4 heteroatoms. The number of hydrazine groups is 1. The van der Waals surface area contributed by atoms with Crippen LogP contribution in [0.3, 0.4) is 0 Å². The average Bonchev–Trinajstić information content (AvgIpc) is 2.42. The van der Waals surface area contributed by atoms with Gasteiger partial charge in [-0.25, -0.2) is 4.39 Å². The van der Waals surface area contributed by atoms with Crippen LogP contribution in [-0.2, 0) is 0 Å². The van der Waals surface area contributed by atoms with Crippen molar-refractivity contribution >= 4 is 11.6 Å². The average molecular weight is 285 g/mol. The summed E-state index contributed by atoms with van der Waals surface area (Å²) in [6.07, 6.45) is 6.09. The first kappa shape index (κ1) is 14.8. The zero-order valence-electron chi connectivity index (χ0n) is 11.3. The molecular weight excluding hydrogens is 263 g/mol. The van der Waals surface area contributed by atoms with E-state index in [0.29, 0.717) is 16.9 Å². The van der Waals surface area contributed by atoms with Gasteiger partial charge in [-0.3, -0.25) is 11.3 Å². The summed E-state index contributed by atoms with van der Waals surface area (Å²) in [7, 11) is 0. The van der Waals surface area contributed by atoms with E-state index < -0.39 is 0 Å². The van der Waals surface area contributed by atoms with E-state index in [4.69, 9.17) is 17.4 Å². The van der Waals surface area contributed by atoms with Crippen LogP contribution < -0.4 is 11.3 Å². The first-order valence-corrected chi connectivity index (χ1v) is 7.46. The van der Waals surface area contributed by atoms with Gasteiger partial charge in [-0.1, -0.05) is 50.3 Å². The van der Waals surface area contributed by atoms with Crippen molar-refractivity contribution in [1.82, 2.24) is 5.43 Å². The lowest BCUT2D eigenvalue weighted by Crippen LogP contribution is -2.38. The minimum atomic E-state index is -0.305. The molecule has 106 valence electrons. The highest BCUT2D eigenvalue weighted by atomic mass is 35.5. The fourth-order valence-corrected chi connectivity index (χ4v) is 3.66. The summed E-state index contributed by atoms with van der Waals surface area (Å²) in [5, 5.41) is 0.461. The van der Waals surface area contributed by atoms with E-state index in [-0.39, 0.29) is 11.9 Å². The van der Waals surface area contributed by atoms with Gasteiger partial charge in [0, 0.05) is 5.02 Å². The first-order valence-electron chi connectivity index (χ1n) is 7.08. The summed E-state index contributed by atoms with van der Waals surface area (Å²) >= 11 is 6.18. The maximum absolute atomic E-state index is 13.2. The van der Waals surface area contributed by atoms with Crippen molar-refractivity contribution < 1.29 is 4.39 Å². The zero-order chi connectivity index (χ0) is 13.8. The molecule has 19 heavy (non-hydrogen) atoms. The minimum absolute atomic E-state index is 0.0124. The Morgan fingerprint density at radius 2 is 2.16 bits per heavy atom. The number of nitrogens with one attached hydrogen (secondary N) is 1. The fraction of sp³-hybridized carbons (Fsp3) is 0.600. The van der Waals surface area contributed by atoms with Crippen molar-refractivity contribution in [2.24, 2.45) is 17.7 Å². The Bertz CT molecular complexity index is 425. The Balaban J connectivity index is 2.27. The lowest BCUT2D eigenvalue weighted by molar-refractivity contribution is 0.176. The molecule has 0 heterocycles. The molecule has 3 atom stereocenters. The molecule has 0 saturated heterocycles. The lowest BCUT2D eigenvalue weighted by atomic mass is 9.72. The van der Waals surface area contributed by atoms with Crippen LogP contribution in [0, 0.1) is 17.7 Å². The largest absolute Gasteiger partial charge is 0.271 e. The summed E-state index contributed by atoms with van der Waals surface area (Å²) in [5.41, 5.74) is 3.82. The molecule has 1 aliphatic rings. The molecule has 1 aromatic carbocycles. The molecule has 0 bridgehead atoms. The molecule has 1 saturated carbocycles. The monoisotopic (exact) mass is 284 g/mol. The van der Waals surface area contributed by atoms with Crippen LogP contribution in [0.4, 0.5) is 4.39 Å². The maximum Gasteiger partial charge on any atom is 0.124 e. The summed E-state index contributed by atoms with van der Waals surface area (Å²) in [4.78, 5) is 0. The molecule has 1 aliphatic carbocycles. The van der Waals surface area contributed by atoms with Crippen LogP contribution in [0.1, 0.15) is 50.6 Å². The van der Waals surface area contributed by atoms with Crippen molar-refractivity contribution in [3.63, 3.8) is 0 Å². The van der Waals surface area contributed by atoms with Crippen LogP contribution in [0.25, 0.3) is 0 Å². The second-order valence-corrected chi connectivity index (χ2v) is 5.83. The van der Waals surface area contributed by atoms with Gasteiger partial charge in [-0.05, 0) is 36.0 Å². The van der Waals surface area contributed by atoms with Crippen molar-refractivity contribution in [1.29, 1.82) is 0 Å². The van der Waals surface area contributed by atoms with Crippen LogP contribution in [0.15, 0.2) is 18.2 Å². The molecule has 0 radical (unpaired) electrons. The fourth-order valence-electron chi connectivity index (χ4n) is 3.38. The van der Waals surface area contributed by atoms with Gasteiger partial charge in [0.2, 0.25) is 0 Å². The van der Waals surface area contributed by atoms with E-state index in [1.807, 2.05) is 0 Å². The highest BCUT2D eigenvalue weighted by Gasteiger charge is 2.32. The number of hydrogen-bond acceptors (Lipinski definition) is 2. The molecule has 0 amide bonds. The van der Waals surface area contributed by atoms with Crippen LogP contribution in [0.2, 0.25) is 5.02 Å². The molecule has 0 spiro atoms. The zero-order valence-corrected chi connectivity index (χ0v) is 12.1. The van der Waals surface area contributed by atoms with Gasteiger partial charge in [0.25, 0.3) is 0 Å². The summed E-state index contributed by atoms with van der Waals surface area (Å²) in [6.45, 7) is 2.23. The molecule has 0 aromatic heterocycles. The van der Waals surface area contributed by atoms with E-state index in [2.05, 4.69) is 12.3 Å². The van der Waals surface area contributed by atoms with Gasteiger partial charge in [-0.2, -0.15) is 0 Å². The van der Waals surface area contributed by atoms with Crippen molar-refractivity contribution in [2.45, 2.75) is 45.1 Å². The first-order chi connectivity index (χ1) is 9.17. The number of rotatable bonds is 4. The van der Waals surface area contributed by atoms with Crippen molar-refractivity contribution in [2.75, 3.05) is 0 Å². The van der Waals surface area contributed by atoms with Crippen LogP contribution in [0.5, 0.6) is 0 Å². The van der Waals surface area contributed by atoms with Gasteiger partial charge < -0.3 is 0 Å². The molecule has 2 rings (SSSR count). The van der Waals surface area contributed by atoms with Gasteiger partial charge in [0.05, 0.1) is 6.04 Å². The molecule has 3 N–H and O–H groups in total. The second-order valence-electron chi connectivity index (χ2n) is 5.43. The summed E-state index contributed by atoms with van der Waals surface area (Å²) in [6, 6.07) is 4.59. The van der Waals surface area contributed by atoms with E-state index >= 15 is 0 Å². The third kappa shape index (κ3) is 3.28. The maximum atomic E-state index is 13.2. The van der Waals surface area contributed by atoms with Crippen molar-refractivity contribution in [3.05, 3.63) is 34.6 Å². The summed E-state index contributed by atoms with van der Waals surface area (Å²) in [5.74, 6) is 6.59. The number of hydrogen-bond donors (Lipinski definition) is 2. The molecule has 3 unspecified atom stereocenters. The molecule has 1 aromatic rings. The Labute approximate surface area is 119 Å². The third-order valence-electron chi connectivity index (χ3n) is 4.40.